The van der Waals surface area contributed by atoms with Crippen molar-refractivity contribution in [3.05, 3.63) is 33.6 Å². The van der Waals surface area contributed by atoms with Gasteiger partial charge in [0.25, 0.3) is 0 Å². The van der Waals surface area contributed by atoms with Crippen molar-refractivity contribution in [1.29, 1.82) is 0 Å². The molecule has 0 atom stereocenters. The van der Waals surface area contributed by atoms with Gasteiger partial charge in [0.1, 0.15) is 0 Å². The van der Waals surface area contributed by atoms with Crippen LogP contribution in [0.2, 0.25) is 0 Å². The predicted molar refractivity (Wildman–Crippen MR) is 85.5 cm³/mol. The van der Waals surface area contributed by atoms with Gasteiger partial charge in [0.15, 0.2) is 5.92 Å². The van der Waals surface area contributed by atoms with Gasteiger partial charge in [-0.2, -0.15) is 0 Å². The zero-order chi connectivity index (χ0) is 15.4. The highest BCUT2D eigenvalue weighted by atomic mass is 79.9. The molecule has 0 saturated heterocycles. The first-order valence-corrected chi connectivity index (χ1v) is 8.20. The van der Waals surface area contributed by atoms with Crippen molar-refractivity contribution in [2.45, 2.75) is 19.8 Å². The molecule has 21 heavy (non-hydrogen) atoms. The van der Waals surface area contributed by atoms with Crippen molar-refractivity contribution < 1.29 is 19.1 Å². The van der Waals surface area contributed by atoms with Crippen LogP contribution in [0, 0.1) is 0 Å². The standard InChI is InChI=1S/C15H15BrO4S/c1-3-19-14(17)13(15(18)20-4-2)12-8-9-7-10(16)5-6-11(9)21-12/h5-8,13H,3-4H2,1-2H3. The Balaban J connectivity index is 2.42. The number of rotatable bonds is 5. The summed E-state index contributed by atoms with van der Waals surface area (Å²) < 4.78 is 12.0. The van der Waals surface area contributed by atoms with Gasteiger partial charge in [0.05, 0.1) is 13.2 Å². The van der Waals surface area contributed by atoms with Crippen LogP contribution in [0.5, 0.6) is 0 Å². The van der Waals surface area contributed by atoms with Gasteiger partial charge in [-0.05, 0) is 43.5 Å². The summed E-state index contributed by atoms with van der Waals surface area (Å²) in [6.07, 6.45) is 0. The maximum absolute atomic E-state index is 12.1. The third-order valence-electron chi connectivity index (χ3n) is 2.83. The van der Waals surface area contributed by atoms with E-state index in [0.29, 0.717) is 4.88 Å². The number of hydrogen-bond acceptors (Lipinski definition) is 5. The highest BCUT2D eigenvalue weighted by Crippen LogP contribution is 2.34. The van der Waals surface area contributed by atoms with Crippen molar-refractivity contribution in [3.63, 3.8) is 0 Å². The van der Waals surface area contributed by atoms with Gasteiger partial charge < -0.3 is 9.47 Å². The van der Waals surface area contributed by atoms with Crippen LogP contribution in [0.15, 0.2) is 28.7 Å². The van der Waals surface area contributed by atoms with Crippen molar-refractivity contribution in [3.8, 4) is 0 Å². The number of hydrogen-bond donors (Lipinski definition) is 0. The van der Waals surface area contributed by atoms with E-state index < -0.39 is 17.9 Å². The van der Waals surface area contributed by atoms with E-state index in [2.05, 4.69) is 15.9 Å². The van der Waals surface area contributed by atoms with E-state index >= 15 is 0 Å². The molecule has 0 aliphatic rings. The second-order valence-corrected chi connectivity index (χ2v) is 6.30. The molecule has 0 aliphatic carbocycles. The van der Waals surface area contributed by atoms with Crippen molar-refractivity contribution in [2.75, 3.05) is 13.2 Å². The lowest BCUT2D eigenvalue weighted by molar-refractivity contribution is -0.156. The molecule has 0 fully saturated rings. The van der Waals surface area contributed by atoms with E-state index in [1.165, 1.54) is 11.3 Å². The Morgan fingerprint density at radius 3 is 2.33 bits per heavy atom. The second kappa shape index (κ2) is 7.04. The summed E-state index contributed by atoms with van der Waals surface area (Å²) in [6, 6.07) is 7.65. The van der Waals surface area contributed by atoms with Gasteiger partial charge in [-0.1, -0.05) is 15.9 Å². The fourth-order valence-corrected chi connectivity index (χ4v) is 3.46. The number of benzene rings is 1. The highest BCUT2D eigenvalue weighted by molar-refractivity contribution is 9.10. The number of carbonyl (C=O) groups excluding carboxylic acids is 2. The Bertz CT molecular complexity index is 647. The van der Waals surface area contributed by atoms with Gasteiger partial charge in [-0.25, -0.2) is 0 Å². The lowest BCUT2D eigenvalue weighted by atomic mass is 10.1. The minimum absolute atomic E-state index is 0.227. The Labute approximate surface area is 135 Å². The average molecular weight is 371 g/mol. The number of esters is 2. The van der Waals surface area contributed by atoms with Gasteiger partial charge >= 0.3 is 11.9 Å². The molecule has 0 amide bonds. The van der Waals surface area contributed by atoms with Crippen LogP contribution >= 0.6 is 27.3 Å². The predicted octanol–water partition coefficient (Wildman–Crippen LogP) is 3.87. The van der Waals surface area contributed by atoms with Crippen molar-refractivity contribution in [1.82, 2.24) is 0 Å². The summed E-state index contributed by atoms with van der Waals surface area (Å²) in [5.74, 6) is -2.15. The smallest absolute Gasteiger partial charge is 0.325 e. The number of thiophene rings is 1. The number of halogens is 1. The maximum atomic E-state index is 12.1. The third-order valence-corrected chi connectivity index (χ3v) is 4.50. The number of fused-ring (bicyclic) bond motifs is 1. The zero-order valence-corrected chi connectivity index (χ0v) is 14.1. The molecule has 0 spiro atoms. The fourth-order valence-electron chi connectivity index (χ4n) is 1.96. The first-order valence-electron chi connectivity index (χ1n) is 6.59. The van der Waals surface area contributed by atoms with E-state index in [-0.39, 0.29) is 13.2 Å². The molecule has 0 radical (unpaired) electrons. The lowest BCUT2D eigenvalue weighted by Gasteiger charge is -2.12. The minimum atomic E-state index is -1.01. The highest BCUT2D eigenvalue weighted by Gasteiger charge is 2.33. The van der Waals surface area contributed by atoms with Crippen LogP contribution in [0.25, 0.3) is 10.1 Å². The summed E-state index contributed by atoms with van der Waals surface area (Å²) in [6.45, 7) is 3.88. The van der Waals surface area contributed by atoms with Crippen LogP contribution in [-0.4, -0.2) is 25.2 Å². The van der Waals surface area contributed by atoms with E-state index in [4.69, 9.17) is 9.47 Å². The summed E-state index contributed by atoms with van der Waals surface area (Å²) in [4.78, 5) is 24.8. The molecule has 0 N–H and O–H groups in total. The number of carbonyl (C=O) groups is 2. The first-order chi connectivity index (χ1) is 10.1. The number of ether oxygens (including phenoxy) is 2. The summed E-state index contributed by atoms with van der Waals surface area (Å²) in [7, 11) is 0. The van der Waals surface area contributed by atoms with Crippen molar-refractivity contribution in [2.24, 2.45) is 0 Å². The van der Waals surface area contributed by atoms with E-state index in [1.807, 2.05) is 24.3 Å². The zero-order valence-electron chi connectivity index (χ0n) is 11.7. The quantitative estimate of drug-likeness (QED) is 0.591. The molecule has 112 valence electrons. The molecule has 1 aromatic carbocycles. The molecule has 0 bridgehead atoms. The molecular formula is C15H15BrO4S. The van der Waals surface area contributed by atoms with Gasteiger partial charge in [-0.15, -0.1) is 11.3 Å². The van der Waals surface area contributed by atoms with E-state index in [9.17, 15) is 9.59 Å². The molecule has 1 heterocycles. The third kappa shape index (κ3) is 3.63. The molecule has 6 heteroatoms. The summed E-state index contributed by atoms with van der Waals surface area (Å²) >= 11 is 4.81. The van der Waals surface area contributed by atoms with Crippen LogP contribution < -0.4 is 0 Å². The molecular weight excluding hydrogens is 356 g/mol. The van der Waals surface area contributed by atoms with E-state index in [0.717, 1.165) is 14.6 Å². The molecule has 4 nitrogen and oxygen atoms in total. The van der Waals surface area contributed by atoms with Crippen molar-refractivity contribution >= 4 is 49.3 Å². The second-order valence-electron chi connectivity index (χ2n) is 4.27. The Morgan fingerprint density at radius 2 is 1.76 bits per heavy atom. The van der Waals surface area contributed by atoms with Crippen LogP contribution in [0.3, 0.4) is 0 Å². The van der Waals surface area contributed by atoms with Crippen LogP contribution in [0.1, 0.15) is 24.6 Å². The average Bonchev–Trinajstić information content (AvgIpc) is 2.81. The molecule has 1 aromatic heterocycles. The molecule has 0 aliphatic heterocycles. The van der Waals surface area contributed by atoms with Gasteiger partial charge in [-0.3, -0.25) is 9.59 Å². The van der Waals surface area contributed by atoms with Gasteiger partial charge in [0, 0.05) is 14.0 Å². The molecule has 0 saturated carbocycles. The molecule has 2 rings (SSSR count). The topological polar surface area (TPSA) is 52.6 Å². The Kier molecular flexibility index (Phi) is 5.36. The summed E-state index contributed by atoms with van der Waals surface area (Å²) in [5.41, 5.74) is 0. The molecule has 0 unspecified atom stereocenters. The lowest BCUT2D eigenvalue weighted by Crippen LogP contribution is -2.25. The minimum Gasteiger partial charge on any atom is -0.465 e. The largest absolute Gasteiger partial charge is 0.465 e. The van der Waals surface area contributed by atoms with Crippen LogP contribution in [0.4, 0.5) is 0 Å². The first kappa shape index (κ1) is 16.0. The van der Waals surface area contributed by atoms with Crippen LogP contribution in [-0.2, 0) is 19.1 Å². The Morgan fingerprint density at radius 1 is 1.14 bits per heavy atom. The normalized spacial score (nSPS) is 10.9. The Hall–Kier alpha value is -1.40. The van der Waals surface area contributed by atoms with Gasteiger partial charge in [0.2, 0.25) is 0 Å². The SMILES string of the molecule is CCOC(=O)C(C(=O)OCC)c1cc2cc(Br)ccc2s1. The van der Waals surface area contributed by atoms with E-state index in [1.54, 1.807) is 13.8 Å². The summed E-state index contributed by atoms with van der Waals surface area (Å²) in [5, 5.41) is 0.975. The fraction of sp³-hybridized carbons (Fsp3) is 0.333. The maximum Gasteiger partial charge on any atom is 0.325 e. The molecule has 2 aromatic rings. The monoisotopic (exact) mass is 370 g/mol.